The van der Waals surface area contributed by atoms with E-state index in [1.807, 2.05) is 0 Å². The molecule has 5 nitrogen and oxygen atoms in total. The predicted molar refractivity (Wildman–Crippen MR) is 81.4 cm³/mol. The fourth-order valence-corrected chi connectivity index (χ4v) is 2.08. The van der Waals surface area contributed by atoms with Crippen molar-refractivity contribution in [1.82, 2.24) is 9.97 Å². The molecule has 0 radical (unpaired) electrons. The van der Waals surface area contributed by atoms with E-state index in [0.717, 1.165) is 11.6 Å². The summed E-state index contributed by atoms with van der Waals surface area (Å²) in [7, 11) is 0. The molecule has 23 heavy (non-hydrogen) atoms. The zero-order chi connectivity index (χ0) is 16.2. The molecule has 0 spiro atoms. The van der Waals surface area contributed by atoms with Gasteiger partial charge in [0.2, 0.25) is 5.78 Å². The van der Waals surface area contributed by atoms with Crippen LogP contribution in [0.15, 0.2) is 59.3 Å². The lowest BCUT2D eigenvalue weighted by Crippen LogP contribution is -1.96. The Balaban J connectivity index is 1.72. The van der Waals surface area contributed by atoms with E-state index in [1.165, 1.54) is 30.6 Å². The van der Waals surface area contributed by atoms with Crippen LogP contribution in [0.1, 0.15) is 27.7 Å². The van der Waals surface area contributed by atoms with Crippen LogP contribution in [0, 0.1) is 5.82 Å². The topological polar surface area (TPSA) is 79.1 Å². The average molecular weight is 312 g/mol. The summed E-state index contributed by atoms with van der Waals surface area (Å²) in [5.41, 5.74) is 0.869. The number of hydrogen-bond acceptors (Lipinski definition) is 4. The number of H-pyrrole nitrogens is 1. The number of aliphatic hydroxyl groups is 1. The third-order valence-corrected chi connectivity index (χ3v) is 3.20. The molecule has 2 heterocycles. The van der Waals surface area contributed by atoms with Crippen molar-refractivity contribution in [3.8, 4) is 0 Å². The lowest BCUT2D eigenvalue weighted by atomic mass is 10.1. The van der Waals surface area contributed by atoms with E-state index in [4.69, 9.17) is 4.42 Å². The first-order chi connectivity index (χ1) is 11.1. The summed E-state index contributed by atoms with van der Waals surface area (Å²) < 4.78 is 18.3. The first-order valence-electron chi connectivity index (χ1n) is 6.90. The standard InChI is InChI=1S/C17H13FN2O3/c18-12-3-1-11(2-4-12)9-13-5-6-16(23-13)14(21)10-15(22)17-19-7-8-20-17/h1-8,10,22H,9H2,(H,19,20). The molecule has 116 valence electrons. The summed E-state index contributed by atoms with van der Waals surface area (Å²) in [5.74, 6) is -0.147. The summed E-state index contributed by atoms with van der Waals surface area (Å²) in [6.07, 6.45) is 4.50. The lowest BCUT2D eigenvalue weighted by molar-refractivity contribution is 0.101. The van der Waals surface area contributed by atoms with E-state index in [9.17, 15) is 14.3 Å². The van der Waals surface area contributed by atoms with Crippen molar-refractivity contribution in [3.63, 3.8) is 0 Å². The van der Waals surface area contributed by atoms with Gasteiger partial charge in [-0.2, -0.15) is 0 Å². The highest BCUT2D eigenvalue weighted by Gasteiger charge is 2.12. The number of nitrogens with one attached hydrogen (secondary N) is 1. The molecule has 0 unspecified atom stereocenters. The molecule has 0 aliphatic rings. The van der Waals surface area contributed by atoms with Gasteiger partial charge in [-0.25, -0.2) is 9.37 Å². The number of nitrogens with zero attached hydrogens (tertiary/aromatic N) is 1. The highest BCUT2D eigenvalue weighted by molar-refractivity contribution is 6.05. The lowest BCUT2D eigenvalue weighted by Gasteiger charge is -1.98. The van der Waals surface area contributed by atoms with E-state index in [2.05, 4.69) is 9.97 Å². The number of benzene rings is 1. The van der Waals surface area contributed by atoms with Crippen molar-refractivity contribution in [2.75, 3.05) is 0 Å². The van der Waals surface area contributed by atoms with Crippen LogP contribution in [0.4, 0.5) is 4.39 Å². The van der Waals surface area contributed by atoms with Gasteiger partial charge in [0.05, 0.1) is 0 Å². The van der Waals surface area contributed by atoms with Crippen molar-refractivity contribution in [2.45, 2.75) is 6.42 Å². The van der Waals surface area contributed by atoms with E-state index in [-0.39, 0.29) is 23.2 Å². The molecule has 0 fully saturated rings. The number of aromatic nitrogens is 2. The number of hydrogen-bond donors (Lipinski definition) is 2. The number of halogens is 1. The minimum absolute atomic E-state index is 0.111. The second kappa shape index (κ2) is 6.31. The van der Waals surface area contributed by atoms with Gasteiger partial charge >= 0.3 is 0 Å². The van der Waals surface area contributed by atoms with E-state index in [0.29, 0.717) is 12.2 Å². The van der Waals surface area contributed by atoms with Gasteiger partial charge in [0.1, 0.15) is 11.6 Å². The molecule has 1 aromatic carbocycles. The summed E-state index contributed by atoms with van der Waals surface area (Å²) in [5, 5.41) is 9.78. The summed E-state index contributed by atoms with van der Waals surface area (Å²) in [6.45, 7) is 0. The highest BCUT2D eigenvalue weighted by Crippen LogP contribution is 2.16. The van der Waals surface area contributed by atoms with Crippen LogP contribution in [0.3, 0.4) is 0 Å². The molecule has 0 aliphatic heterocycles. The SMILES string of the molecule is O=C(C=C(O)c1ncc[nH]1)c1ccc(Cc2ccc(F)cc2)o1. The number of ketones is 1. The fourth-order valence-electron chi connectivity index (χ4n) is 2.08. The quantitative estimate of drug-likeness (QED) is 0.429. The number of aliphatic hydroxyl groups excluding tert-OH is 1. The first-order valence-corrected chi connectivity index (χ1v) is 6.90. The zero-order valence-corrected chi connectivity index (χ0v) is 12.0. The number of carbonyl (C=O) groups is 1. The minimum Gasteiger partial charge on any atom is -0.504 e. The Morgan fingerprint density at radius 2 is 2.04 bits per heavy atom. The third-order valence-electron chi connectivity index (χ3n) is 3.20. The van der Waals surface area contributed by atoms with Gasteiger partial charge in [-0.3, -0.25) is 4.79 Å². The predicted octanol–water partition coefficient (Wildman–Crippen LogP) is 3.51. The maximum atomic E-state index is 12.9. The molecule has 2 N–H and O–H groups in total. The summed E-state index contributed by atoms with van der Waals surface area (Å²) in [4.78, 5) is 18.6. The number of rotatable bonds is 5. The maximum Gasteiger partial charge on any atom is 0.224 e. The van der Waals surface area contributed by atoms with Gasteiger partial charge in [-0.05, 0) is 29.8 Å². The Bertz CT molecular complexity index is 833. The molecule has 0 aliphatic carbocycles. The van der Waals surface area contributed by atoms with Crippen LogP contribution in [-0.2, 0) is 6.42 Å². The Kier molecular flexibility index (Phi) is 4.05. The molecule has 3 rings (SSSR count). The number of furan rings is 1. The molecule has 0 saturated carbocycles. The smallest absolute Gasteiger partial charge is 0.224 e. The van der Waals surface area contributed by atoms with E-state index < -0.39 is 5.78 Å². The van der Waals surface area contributed by atoms with Crippen molar-refractivity contribution in [1.29, 1.82) is 0 Å². The highest BCUT2D eigenvalue weighted by atomic mass is 19.1. The maximum absolute atomic E-state index is 12.9. The number of allylic oxidation sites excluding steroid dienone is 1. The van der Waals surface area contributed by atoms with Crippen molar-refractivity contribution in [2.24, 2.45) is 0 Å². The Morgan fingerprint density at radius 3 is 2.74 bits per heavy atom. The van der Waals surface area contributed by atoms with Crippen LogP contribution in [-0.4, -0.2) is 20.9 Å². The normalized spacial score (nSPS) is 11.6. The monoisotopic (exact) mass is 312 g/mol. The number of aromatic amines is 1. The third kappa shape index (κ3) is 3.55. The molecule has 0 saturated heterocycles. The molecule has 0 amide bonds. The molecular weight excluding hydrogens is 299 g/mol. The Labute approximate surface area is 131 Å². The van der Waals surface area contributed by atoms with Gasteiger partial charge in [0.25, 0.3) is 0 Å². The summed E-state index contributed by atoms with van der Waals surface area (Å²) >= 11 is 0. The summed E-state index contributed by atoms with van der Waals surface area (Å²) in [6, 6.07) is 9.26. The fraction of sp³-hybridized carbons (Fsp3) is 0.0588. The molecule has 3 aromatic rings. The van der Waals surface area contributed by atoms with Gasteiger partial charge < -0.3 is 14.5 Å². The van der Waals surface area contributed by atoms with Gasteiger partial charge in [0, 0.05) is 24.9 Å². The van der Waals surface area contributed by atoms with Crippen LogP contribution < -0.4 is 0 Å². The molecule has 2 aromatic heterocycles. The minimum atomic E-state index is -0.468. The Hall–Kier alpha value is -3.15. The van der Waals surface area contributed by atoms with Crippen molar-refractivity contribution in [3.05, 3.63) is 83.6 Å². The molecule has 0 atom stereocenters. The average Bonchev–Trinajstić information content (AvgIpc) is 3.21. The van der Waals surface area contributed by atoms with E-state index >= 15 is 0 Å². The molecule has 0 bridgehead atoms. The molecular formula is C17H13FN2O3. The second-order valence-corrected chi connectivity index (χ2v) is 4.90. The Morgan fingerprint density at radius 1 is 1.26 bits per heavy atom. The second-order valence-electron chi connectivity index (χ2n) is 4.90. The van der Waals surface area contributed by atoms with Crippen LogP contribution in [0.5, 0.6) is 0 Å². The van der Waals surface area contributed by atoms with Crippen molar-refractivity contribution >= 4 is 11.5 Å². The van der Waals surface area contributed by atoms with Gasteiger partial charge in [0.15, 0.2) is 17.3 Å². The largest absolute Gasteiger partial charge is 0.504 e. The first kappa shape index (κ1) is 14.8. The number of carbonyl (C=O) groups excluding carboxylic acids is 1. The molecule has 6 heteroatoms. The van der Waals surface area contributed by atoms with Crippen LogP contribution in [0.25, 0.3) is 5.76 Å². The van der Waals surface area contributed by atoms with Gasteiger partial charge in [-0.15, -0.1) is 0 Å². The van der Waals surface area contributed by atoms with Crippen molar-refractivity contribution < 1.29 is 18.7 Å². The van der Waals surface area contributed by atoms with Crippen LogP contribution in [0.2, 0.25) is 0 Å². The van der Waals surface area contributed by atoms with Crippen LogP contribution >= 0.6 is 0 Å². The van der Waals surface area contributed by atoms with Gasteiger partial charge in [-0.1, -0.05) is 12.1 Å². The van der Waals surface area contributed by atoms with E-state index in [1.54, 1.807) is 18.2 Å². The zero-order valence-electron chi connectivity index (χ0n) is 12.0. The number of imidazole rings is 1.